The number of aromatic nitrogens is 2. The van der Waals surface area contributed by atoms with Crippen molar-refractivity contribution in [1.82, 2.24) is 25.5 Å². The molecular weight excluding hydrogens is 765 g/mol. The van der Waals surface area contributed by atoms with Crippen LogP contribution in [0, 0.1) is 23.2 Å². The van der Waals surface area contributed by atoms with Crippen molar-refractivity contribution < 1.29 is 43.6 Å². The van der Waals surface area contributed by atoms with Gasteiger partial charge in [-0.2, -0.15) is 0 Å². The number of fused-ring (bicyclic) bond motifs is 1. The third kappa shape index (κ3) is 9.43. The van der Waals surface area contributed by atoms with E-state index in [9.17, 15) is 29.4 Å². The van der Waals surface area contributed by atoms with Crippen LogP contribution >= 0.6 is 11.3 Å². The van der Waals surface area contributed by atoms with Crippen LogP contribution in [0.3, 0.4) is 0 Å². The average molecular weight is 823 g/mol. The Morgan fingerprint density at radius 2 is 1.76 bits per heavy atom. The van der Waals surface area contributed by atoms with Crippen molar-refractivity contribution in [3.63, 3.8) is 0 Å². The molecule has 1 saturated heterocycles. The lowest BCUT2D eigenvalue weighted by Crippen LogP contribution is -2.59. The van der Waals surface area contributed by atoms with Gasteiger partial charge in [0.2, 0.25) is 11.8 Å². The number of benzene rings is 1. The molecule has 316 valence electrons. The monoisotopic (exact) mass is 822 g/mol. The van der Waals surface area contributed by atoms with Gasteiger partial charge in [0.25, 0.3) is 0 Å². The number of aliphatic hydroxyl groups excluding tert-OH is 1. The second-order valence-corrected chi connectivity index (χ2v) is 18.4. The molecule has 2 saturated carbocycles. The molecule has 5 N–H and O–H groups in total. The van der Waals surface area contributed by atoms with Gasteiger partial charge in [0, 0.05) is 35.4 Å². The van der Waals surface area contributed by atoms with Crippen LogP contribution in [0.25, 0.3) is 22.3 Å². The highest BCUT2D eigenvalue weighted by Crippen LogP contribution is 2.46. The number of hydrogen-bond acceptors (Lipinski definition) is 12. The van der Waals surface area contributed by atoms with E-state index in [0.29, 0.717) is 58.5 Å². The Morgan fingerprint density at radius 1 is 1.03 bits per heavy atom. The Morgan fingerprint density at radius 3 is 2.38 bits per heavy atom. The Balaban J connectivity index is 1.32. The van der Waals surface area contributed by atoms with E-state index in [2.05, 4.69) is 29.8 Å². The van der Waals surface area contributed by atoms with Crippen LogP contribution in [-0.2, 0) is 19.1 Å². The molecule has 3 heterocycles. The summed E-state index contributed by atoms with van der Waals surface area (Å²) in [6, 6.07) is 5.07. The van der Waals surface area contributed by atoms with Crippen molar-refractivity contribution in [1.29, 1.82) is 0 Å². The van der Waals surface area contributed by atoms with Crippen molar-refractivity contribution in [3.8, 4) is 22.9 Å². The van der Waals surface area contributed by atoms with Gasteiger partial charge in [-0.15, -0.1) is 11.3 Å². The van der Waals surface area contributed by atoms with E-state index < -0.39 is 53.0 Å². The minimum atomic E-state index is -1.41. The van der Waals surface area contributed by atoms with E-state index in [4.69, 9.17) is 24.2 Å². The Kier molecular flexibility index (Phi) is 12.8. The summed E-state index contributed by atoms with van der Waals surface area (Å²) in [5.41, 5.74) is -0.522. The van der Waals surface area contributed by atoms with Crippen molar-refractivity contribution in [2.24, 2.45) is 23.2 Å². The molecule has 3 amide bonds. The van der Waals surface area contributed by atoms with Crippen LogP contribution in [0.2, 0.25) is 0 Å². The fourth-order valence-corrected chi connectivity index (χ4v) is 8.97. The smallest absolute Gasteiger partial charge is 0.408 e. The minimum absolute atomic E-state index is 0.0227. The number of ether oxygens (including phenoxy) is 3. The van der Waals surface area contributed by atoms with Crippen molar-refractivity contribution in [3.05, 3.63) is 29.6 Å². The molecule has 0 spiro atoms. The zero-order chi connectivity index (χ0) is 42.1. The number of alkyl carbamates (subject to hydrolysis) is 1. The second kappa shape index (κ2) is 17.3. The molecule has 1 aliphatic heterocycles. The second-order valence-electron chi connectivity index (χ2n) is 17.5. The molecule has 3 aromatic rings. The van der Waals surface area contributed by atoms with Crippen LogP contribution in [-0.4, -0.2) is 105 Å². The number of nitrogens with zero attached hydrogens (tertiary/aromatic N) is 3. The van der Waals surface area contributed by atoms with E-state index in [1.54, 1.807) is 24.3 Å². The third-order valence-corrected chi connectivity index (χ3v) is 12.4. The summed E-state index contributed by atoms with van der Waals surface area (Å²) >= 11 is 1.44. The molecule has 3 fully saturated rings. The number of thiazole rings is 1. The Labute approximate surface area is 343 Å². The fraction of sp³-hybridized carbons (Fsp3) is 0.619. The highest BCUT2D eigenvalue weighted by atomic mass is 32.1. The molecule has 2 unspecified atom stereocenters. The quantitative estimate of drug-likeness (QED) is 0.123. The number of pyridine rings is 1. The average Bonchev–Trinajstić information content (AvgIpc) is 3.39. The molecule has 0 radical (unpaired) electrons. The number of aliphatic carboxylic acids is 1. The summed E-state index contributed by atoms with van der Waals surface area (Å²) in [4.78, 5) is 65.8. The number of carbonyl (C=O) groups excluding carboxylic acids is 3. The lowest BCUT2D eigenvalue weighted by atomic mass is 9.85. The van der Waals surface area contributed by atoms with Crippen LogP contribution in [0.15, 0.2) is 29.6 Å². The normalized spacial score (nSPS) is 26.0. The number of anilines is 1. The van der Waals surface area contributed by atoms with Gasteiger partial charge in [0.15, 0.2) is 5.13 Å². The molecule has 3 aliphatic rings. The van der Waals surface area contributed by atoms with Gasteiger partial charge in [-0.1, -0.05) is 48.0 Å². The number of amides is 3. The van der Waals surface area contributed by atoms with E-state index in [1.165, 1.54) is 16.2 Å². The Bertz CT molecular complexity index is 1990. The number of aliphatic hydroxyl groups is 1. The first-order valence-electron chi connectivity index (χ1n) is 20.3. The standard InChI is InChI=1S/C42H58N6O9S/c1-9-25-19-42(25,38(52)53)47-36(50)33-17-28(20-48(33)37(51)35(41(6,7)8)46-40(54)57-27-14-23(4)24(5)15-27)56-34-18-31(32-21-58-39(45-32)43-22(2)3)44-30-16-26(55-13-12-49)10-11-29(30)34/h10-11,16,18,21-25,27-28,33,35,49H,9,12-15,17,19-20H2,1-8H3,(H,43,45)(H,46,54)(H,47,50)(H,52,53)/t23-,24?,25+,27?,28+,33-,35+,42+/m0/s1. The summed E-state index contributed by atoms with van der Waals surface area (Å²) in [5.74, 6) is -0.707. The maximum Gasteiger partial charge on any atom is 0.408 e. The van der Waals surface area contributed by atoms with Gasteiger partial charge in [0.1, 0.15) is 53.6 Å². The Hall–Kier alpha value is -4.70. The summed E-state index contributed by atoms with van der Waals surface area (Å²) in [6.07, 6.45) is 0.714. The molecule has 1 aromatic carbocycles. The summed E-state index contributed by atoms with van der Waals surface area (Å²) < 4.78 is 18.2. The zero-order valence-corrected chi connectivity index (χ0v) is 35.5. The van der Waals surface area contributed by atoms with Crippen molar-refractivity contribution in [2.75, 3.05) is 25.1 Å². The molecule has 6 rings (SSSR count). The molecule has 8 atom stereocenters. The topological polar surface area (TPSA) is 202 Å². The van der Waals surface area contributed by atoms with Crippen LogP contribution in [0.1, 0.15) is 87.5 Å². The van der Waals surface area contributed by atoms with E-state index in [1.807, 2.05) is 46.9 Å². The third-order valence-electron chi connectivity index (χ3n) is 11.6. The molecule has 16 heteroatoms. The predicted octanol–water partition coefficient (Wildman–Crippen LogP) is 5.84. The first-order valence-corrected chi connectivity index (χ1v) is 21.2. The van der Waals surface area contributed by atoms with Crippen molar-refractivity contribution in [2.45, 2.75) is 123 Å². The van der Waals surface area contributed by atoms with Gasteiger partial charge >= 0.3 is 12.1 Å². The lowest BCUT2D eigenvalue weighted by Gasteiger charge is -2.35. The highest BCUT2D eigenvalue weighted by molar-refractivity contribution is 7.14. The maximum atomic E-state index is 14.7. The van der Waals surface area contributed by atoms with Gasteiger partial charge in [-0.05, 0) is 68.4 Å². The van der Waals surface area contributed by atoms with Crippen LogP contribution in [0.5, 0.6) is 11.5 Å². The SMILES string of the molecule is CC[C@@H]1C[C@]1(NC(=O)[C@@H]1C[C@@H](Oc2cc(-c3csc(NC(C)C)n3)nc3cc(OCCO)ccc23)CN1C(=O)[C@@H](NC(=O)OC1CC(C)[C@@H](C)C1)C(C)(C)C)C(=O)O. The largest absolute Gasteiger partial charge is 0.491 e. The maximum absolute atomic E-state index is 14.7. The fourth-order valence-electron chi connectivity index (χ4n) is 8.12. The number of nitrogens with one attached hydrogen (secondary N) is 3. The number of likely N-dealkylation sites (tertiary alicyclic amines) is 1. The lowest BCUT2D eigenvalue weighted by molar-refractivity contribution is -0.146. The van der Waals surface area contributed by atoms with E-state index >= 15 is 0 Å². The molecule has 58 heavy (non-hydrogen) atoms. The van der Waals surface area contributed by atoms with Gasteiger partial charge < -0.3 is 45.3 Å². The number of carbonyl (C=O) groups is 4. The number of hydrogen-bond donors (Lipinski definition) is 5. The number of rotatable bonds is 15. The molecule has 2 aromatic heterocycles. The first kappa shape index (κ1) is 42.9. The van der Waals surface area contributed by atoms with Crippen LogP contribution in [0.4, 0.5) is 9.93 Å². The molecule has 0 bridgehead atoms. The van der Waals surface area contributed by atoms with Crippen molar-refractivity contribution >= 4 is 51.2 Å². The summed E-state index contributed by atoms with van der Waals surface area (Å²) in [6.45, 7) is 15.6. The minimum Gasteiger partial charge on any atom is -0.491 e. The summed E-state index contributed by atoms with van der Waals surface area (Å²) in [7, 11) is 0. The summed E-state index contributed by atoms with van der Waals surface area (Å²) in [5, 5.41) is 31.7. The van der Waals surface area contributed by atoms with E-state index in [0.717, 1.165) is 18.0 Å². The first-order chi connectivity index (χ1) is 27.4. The predicted molar refractivity (Wildman–Crippen MR) is 220 cm³/mol. The zero-order valence-electron chi connectivity index (χ0n) is 34.7. The highest BCUT2D eigenvalue weighted by Gasteiger charge is 2.61. The van der Waals surface area contributed by atoms with Gasteiger partial charge in [0.05, 0.1) is 24.4 Å². The molecular formula is C42H58N6O9S. The molecule has 15 nitrogen and oxygen atoms in total. The van der Waals surface area contributed by atoms with Gasteiger partial charge in [-0.3, -0.25) is 9.59 Å². The number of carboxylic acid groups (broad SMARTS) is 1. The molecule has 2 aliphatic carbocycles. The van der Waals surface area contributed by atoms with E-state index in [-0.39, 0.29) is 44.2 Å². The number of carboxylic acids is 1. The van der Waals surface area contributed by atoms with Gasteiger partial charge in [-0.25, -0.2) is 19.6 Å². The van der Waals surface area contributed by atoms with Crippen LogP contribution < -0.4 is 25.4 Å².